The summed E-state index contributed by atoms with van der Waals surface area (Å²) in [4.78, 5) is 16.9. The van der Waals surface area contributed by atoms with E-state index >= 15 is 0 Å². The van der Waals surface area contributed by atoms with Gasteiger partial charge in [0.25, 0.3) is 0 Å². The molecule has 0 spiro atoms. The molecule has 5 atom stereocenters. The van der Waals surface area contributed by atoms with Gasteiger partial charge in [-0.1, -0.05) is 0 Å². The summed E-state index contributed by atoms with van der Waals surface area (Å²) >= 11 is 0. The molecule has 1 aliphatic rings. The molecule has 0 aromatic carbocycles. The van der Waals surface area contributed by atoms with Crippen LogP contribution in [-0.4, -0.2) is 62.7 Å². The van der Waals surface area contributed by atoms with Gasteiger partial charge in [0.05, 0.1) is 14.6 Å². The fraction of sp³-hybridized carbons (Fsp3) is 1.00. The molecule has 5 N–H and O–H groups in total. The molecule has 0 aliphatic carbocycles. The Hall–Kier alpha value is -0.0500. The molecular weight excluding hydrogens is 231 g/mol. The van der Waals surface area contributed by atoms with Crippen molar-refractivity contribution in [3.05, 3.63) is 0 Å². The van der Waals surface area contributed by atoms with Gasteiger partial charge in [-0.25, -0.2) is 4.57 Å². The summed E-state index contributed by atoms with van der Waals surface area (Å²) in [5.41, 5.74) is 0. The van der Waals surface area contributed by atoms with E-state index in [0.717, 1.165) is 0 Å². The van der Waals surface area contributed by atoms with Crippen molar-refractivity contribution in [1.82, 2.24) is 0 Å². The van der Waals surface area contributed by atoms with E-state index in [-0.39, 0.29) is 0 Å². The van der Waals surface area contributed by atoms with Crippen molar-refractivity contribution in [1.29, 1.82) is 0 Å². The van der Waals surface area contributed by atoms with Crippen LogP contribution in [0.5, 0.6) is 0 Å². The molecular formula is C6H13O8P. The normalized spacial score (nSPS) is 40.2. The lowest BCUT2D eigenvalue weighted by Gasteiger charge is -2.14. The summed E-state index contributed by atoms with van der Waals surface area (Å²) in [6.45, 7) is -2.45. The fourth-order valence-electron chi connectivity index (χ4n) is 1.18. The molecule has 0 aromatic heterocycles. The zero-order valence-electron chi connectivity index (χ0n) is 8.50. The molecule has 0 aromatic rings. The van der Waals surface area contributed by atoms with E-state index in [1.807, 2.05) is 0 Å². The van der Waals surface area contributed by atoms with Gasteiger partial charge in [0.2, 0.25) is 0 Å². The van der Waals surface area contributed by atoms with Crippen LogP contribution in [-0.2, 0) is 13.8 Å². The maximum atomic E-state index is 10.4. The Balaban J connectivity index is 2.64. The molecule has 1 unspecified atom stereocenters. The average Bonchev–Trinajstić information content (AvgIpc) is 2.41. The fourth-order valence-corrected chi connectivity index (χ4v) is 1.46. The first-order valence-electron chi connectivity index (χ1n) is 4.62. The van der Waals surface area contributed by atoms with E-state index in [2.05, 4.69) is 4.52 Å². The molecule has 90 valence electrons. The zero-order chi connectivity index (χ0) is 12.5. The van der Waals surface area contributed by atoms with E-state index < -0.39 is 45.4 Å². The van der Waals surface area contributed by atoms with Crippen molar-refractivity contribution < 1.29 is 40.3 Å². The topological polar surface area (TPSA) is 137 Å². The van der Waals surface area contributed by atoms with E-state index in [1.165, 1.54) is 0 Å². The number of aliphatic hydroxyl groups is 3. The third kappa shape index (κ3) is 3.47. The number of phosphoric acid groups is 1. The Morgan fingerprint density at radius 1 is 1.33 bits per heavy atom. The van der Waals surface area contributed by atoms with Crippen LogP contribution >= 0.6 is 7.82 Å². The molecule has 1 fully saturated rings. The van der Waals surface area contributed by atoms with Crippen LogP contribution in [0.15, 0.2) is 0 Å². The molecule has 0 amide bonds. The van der Waals surface area contributed by atoms with E-state index in [4.69, 9.17) is 21.0 Å². The smallest absolute Gasteiger partial charge is 0.394 e. The molecule has 1 rings (SSSR count). The lowest BCUT2D eigenvalue weighted by atomic mass is 10.1. The van der Waals surface area contributed by atoms with Crippen molar-refractivity contribution in [3.8, 4) is 0 Å². The maximum absolute atomic E-state index is 10.4. The highest BCUT2D eigenvalue weighted by Gasteiger charge is 2.43. The molecule has 9 heteroatoms. The van der Waals surface area contributed by atoms with Crippen LogP contribution in [0.4, 0.5) is 0 Å². The number of phosphoric ester groups is 1. The second-order valence-corrected chi connectivity index (χ2v) is 4.23. The van der Waals surface area contributed by atoms with Gasteiger partial charge in [0.15, 0.2) is 0 Å². The summed E-state index contributed by atoms with van der Waals surface area (Å²) in [6.07, 6.45) is -5.51. The lowest BCUT2D eigenvalue weighted by Crippen LogP contribution is -2.35. The Morgan fingerprint density at radius 2 is 1.87 bits per heavy atom. The largest absolute Gasteiger partial charge is 0.469 e. The maximum Gasteiger partial charge on any atom is 0.469 e. The zero-order valence-corrected chi connectivity index (χ0v) is 8.40. The van der Waals surface area contributed by atoms with Gasteiger partial charge in [0, 0.05) is 0 Å². The van der Waals surface area contributed by atoms with E-state index in [9.17, 15) is 14.8 Å². The SMILES string of the molecule is [3H]C(OP(=O)(O)O)[C@H]1O[C@H](CO)[C@@H](O)[C@@H]1O. The molecule has 1 saturated heterocycles. The molecule has 1 heterocycles. The molecule has 15 heavy (non-hydrogen) atoms. The van der Waals surface area contributed by atoms with Crippen LogP contribution in [0.3, 0.4) is 0 Å². The Labute approximate surface area is 86.7 Å². The van der Waals surface area contributed by atoms with Crippen molar-refractivity contribution in [2.45, 2.75) is 24.4 Å². The number of hydrogen-bond donors (Lipinski definition) is 5. The van der Waals surface area contributed by atoms with Crippen LogP contribution in [0.1, 0.15) is 1.37 Å². The monoisotopic (exact) mass is 246 g/mol. The quantitative estimate of drug-likeness (QED) is 0.345. The number of aliphatic hydroxyl groups excluding tert-OH is 3. The van der Waals surface area contributed by atoms with Gasteiger partial charge >= 0.3 is 7.82 Å². The van der Waals surface area contributed by atoms with Gasteiger partial charge in [-0.2, -0.15) is 0 Å². The number of rotatable bonds is 4. The minimum atomic E-state index is -4.87. The molecule has 0 saturated carbocycles. The number of hydrogen-bond acceptors (Lipinski definition) is 6. The van der Waals surface area contributed by atoms with Crippen LogP contribution in [0.2, 0.25) is 0 Å². The van der Waals surface area contributed by atoms with Crippen LogP contribution in [0, 0.1) is 0 Å². The van der Waals surface area contributed by atoms with Gasteiger partial charge in [-0.3, -0.25) is 4.52 Å². The van der Waals surface area contributed by atoms with Crippen molar-refractivity contribution in [3.63, 3.8) is 0 Å². The van der Waals surface area contributed by atoms with E-state index in [1.54, 1.807) is 0 Å². The predicted molar refractivity (Wildman–Crippen MR) is 45.8 cm³/mol. The first-order chi connectivity index (χ1) is 7.26. The summed E-state index contributed by atoms with van der Waals surface area (Å²) in [7, 11) is -4.87. The third-order valence-electron chi connectivity index (χ3n) is 1.91. The average molecular weight is 246 g/mol. The molecule has 1 aliphatic heterocycles. The highest BCUT2D eigenvalue weighted by Crippen LogP contribution is 2.37. The summed E-state index contributed by atoms with van der Waals surface area (Å²) in [6, 6.07) is 0. The minimum Gasteiger partial charge on any atom is -0.394 e. The highest BCUT2D eigenvalue weighted by molar-refractivity contribution is 7.46. The second-order valence-electron chi connectivity index (χ2n) is 3.03. The first-order valence-corrected chi connectivity index (χ1v) is 5.58. The van der Waals surface area contributed by atoms with Crippen LogP contribution in [0.25, 0.3) is 0 Å². The van der Waals surface area contributed by atoms with Crippen molar-refractivity contribution >= 4 is 7.82 Å². The summed E-state index contributed by atoms with van der Waals surface area (Å²) in [5.74, 6) is 0. The summed E-state index contributed by atoms with van der Waals surface area (Å²) < 4.78 is 26.5. The van der Waals surface area contributed by atoms with Gasteiger partial charge in [-0.15, -0.1) is 0 Å². The van der Waals surface area contributed by atoms with Crippen molar-refractivity contribution in [2.75, 3.05) is 13.2 Å². The second kappa shape index (κ2) is 4.86. The van der Waals surface area contributed by atoms with E-state index in [0.29, 0.717) is 0 Å². The highest BCUT2D eigenvalue weighted by atomic mass is 31.2. The first kappa shape index (κ1) is 11.4. The predicted octanol–water partition coefficient (Wildman–Crippen LogP) is -2.42. The molecule has 0 radical (unpaired) electrons. The Morgan fingerprint density at radius 3 is 2.27 bits per heavy atom. The Kier molecular flexibility index (Phi) is 3.70. The minimum absolute atomic E-state index is 0.586. The molecule has 8 nitrogen and oxygen atoms in total. The molecule has 0 bridgehead atoms. The standard InChI is InChI=1S/C6H13O8P/c7-1-3-5(8)6(9)4(14-3)2-13-15(10,11)12/h3-9H,1-2H2,(H2,10,11,12)/t3-,4-,5-,6-/m1/s1/i2T/t2?,3-,4-,5-,6-. The third-order valence-corrected chi connectivity index (χ3v) is 2.31. The lowest BCUT2D eigenvalue weighted by molar-refractivity contribution is -0.0388. The van der Waals surface area contributed by atoms with Gasteiger partial charge in [0.1, 0.15) is 24.4 Å². The van der Waals surface area contributed by atoms with Gasteiger partial charge in [-0.05, 0) is 0 Å². The van der Waals surface area contributed by atoms with Gasteiger partial charge < -0.3 is 29.8 Å². The number of ether oxygens (including phenoxy) is 1. The van der Waals surface area contributed by atoms with Crippen molar-refractivity contribution in [2.24, 2.45) is 0 Å². The Bertz CT molecular complexity index is 282. The summed E-state index contributed by atoms with van der Waals surface area (Å²) in [5, 5.41) is 27.4. The van der Waals surface area contributed by atoms with Crippen LogP contribution < -0.4 is 0 Å².